The summed E-state index contributed by atoms with van der Waals surface area (Å²) >= 11 is 6.49. The lowest BCUT2D eigenvalue weighted by Gasteiger charge is -2.25. The molecule has 0 saturated heterocycles. The molecule has 0 fully saturated rings. The largest absolute Gasteiger partial charge is 0.308 e. The molecule has 0 radical (unpaired) electrons. The van der Waals surface area contributed by atoms with Crippen LogP contribution in [0, 0.1) is 5.82 Å². The molecular formula is C21H23ClFN3. The Morgan fingerprint density at radius 3 is 2.54 bits per heavy atom. The summed E-state index contributed by atoms with van der Waals surface area (Å²) in [7, 11) is 4.07. The first kappa shape index (κ1) is 18.8. The zero-order valence-corrected chi connectivity index (χ0v) is 15.9. The normalized spacial score (nSPS) is 11.6. The molecule has 0 spiro atoms. The zero-order chi connectivity index (χ0) is 18.5. The number of hydrogen-bond donors (Lipinski definition) is 0. The van der Waals surface area contributed by atoms with Crippen LogP contribution < -0.4 is 0 Å². The second kappa shape index (κ2) is 8.58. The molecule has 0 aliphatic carbocycles. The Morgan fingerprint density at radius 1 is 0.962 bits per heavy atom. The molecule has 3 nitrogen and oxygen atoms in total. The standard InChI is InChI=1S/C21H23ClFN3/c1-25(2)12-13-26(14-17-6-3-4-8-20(17)23)15-18-19(22)10-9-16-7-5-11-24-21(16)18/h3-11H,12-15H2,1-2H3. The molecule has 0 bridgehead atoms. The monoisotopic (exact) mass is 371 g/mol. The fourth-order valence-corrected chi connectivity index (χ4v) is 3.19. The van der Waals surface area contributed by atoms with Crippen LogP contribution in [-0.4, -0.2) is 42.0 Å². The van der Waals surface area contributed by atoms with Crippen molar-refractivity contribution < 1.29 is 4.39 Å². The maximum atomic E-state index is 14.1. The summed E-state index contributed by atoms with van der Waals surface area (Å²) in [6.45, 7) is 2.83. The second-order valence-electron chi connectivity index (χ2n) is 6.71. The van der Waals surface area contributed by atoms with E-state index in [2.05, 4.69) is 14.8 Å². The van der Waals surface area contributed by atoms with Gasteiger partial charge in [0.15, 0.2) is 0 Å². The molecule has 0 N–H and O–H groups in total. The molecule has 1 heterocycles. The first-order valence-electron chi connectivity index (χ1n) is 8.67. The molecule has 5 heteroatoms. The summed E-state index contributed by atoms with van der Waals surface area (Å²) in [5.41, 5.74) is 2.58. The summed E-state index contributed by atoms with van der Waals surface area (Å²) in [6.07, 6.45) is 1.78. The Bertz CT molecular complexity index is 882. The molecule has 3 rings (SSSR count). The minimum atomic E-state index is -0.176. The van der Waals surface area contributed by atoms with Crippen molar-refractivity contribution in [3.63, 3.8) is 0 Å². The minimum absolute atomic E-state index is 0.176. The summed E-state index contributed by atoms with van der Waals surface area (Å²) in [6, 6.07) is 14.8. The molecule has 0 atom stereocenters. The van der Waals surface area contributed by atoms with E-state index in [-0.39, 0.29) is 5.82 Å². The van der Waals surface area contributed by atoms with E-state index in [1.165, 1.54) is 6.07 Å². The molecule has 3 aromatic rings. The molecule has 0 unspecified atom stereocenters. The topological polar surface area (TPSA) is 19.4 Å². The van der Waals surface area contributed by atoms with Crippen LogP contribution in [-0.2, 0) is 13.1 Å². The fourth-order valence-electron chi connectivity index (χ4n) is 2.98. The molecule has 1 aromatic heterocycles. The Hall–Kier alpha value is -2.01. The summed E-state index contributed by atoms with van der Waals surface area (Å²) in [4.78, 5) is 8.86. The van der Waals surface area contributed by atoms with E-state index in [0.717, 1.165) is 29.6 Å². The maximum absolute atomic E-state index is 14.1. The number of rotatable bonds is 7. The fraction of sp³-hybridized carbons (Fsp3) is 0.286. The average Bonchev–Trinajstić information content (AvgIpc) is 2.63. The molecule has 2 aromatic carbocycles. The molecular weight excluding hydrogens is 349 g/mol. The number of fused-ring (bicyclic) bond motifs is 1. The van der Waals surface area contributed by atoms with Crippen molar-refractivity contribution in [1.82, 2.24) is 14.8 Å². The number of hydrogen-bond acceptors (Lipinski definition) is 3. The maximum Gasteiger partial charge on any atom is 0.127 e. The van der Waals surface area contributed by atoms with Crippen LogP contribution in [0.25, 0.3) is 10.9 Å². The van der Waals surface area contributed by atoms with Gasteiger partial charge in [-0.2, -0.15) is 0 Å². The van der Waals surface area contributed by atoms with Gasteiger partial charge in [-0.05, 0) is 32.3 Å². The van der Waals surface area contributed by atoms with Gasteiger partial charge in [-0.3, -0.25) is 9.88 Å². The van der Waals surface area contributed by atoms with Crippen molar-refractivity contribution in [2.75, 3.05) is 27.2 Å². The highest BCUT2D eigenvalue weighted by molar-refractivity contribution is 6.32. The lowest BCUT2D eigenvalue weighted by Crippen LogP contribution is -2.31. The molecule has 26 heavy (non-hydrogen) atoms. The van der Waals surface area contributed by atoms with Crippen molar-refractivity contribution in [3.05, 3.63) is 76.7 Å². The van der Waals surface area contributed by atoms with Gasteiger partial charge in [0.25, 0.3) is 0 Å². The number of halogens is 2. The number of likely N-dealkylation sites (N-methyl/N-ethyl adjacent to an activating group) is 1. The average molecular weight is 372 g/mol. The quantitative estimate of drug-likeness (QED) is 0.605. The van der Waals surface area contributed by atoms with Crippen molar-refractivity contribution in [1.29, 1.82) is 0 Å². The van der Waals surface area contributed by atoms with E-state index in [1.807, 2.05) is 50.5 Å². The number of benzene rings is 2. The van der Waals surface area contributed by atoms with E-state index in [9.17, 15) is 4.39 Å². The van der Waals surface area contributed by atoms with Crippen molar-refractivity contribution >= 4 is 22.5 Å². The lowest BCUT2D eigenvalue weighted by molar-refractivity contribution is 0.224. The van der Waals surface area contributed by atoms with Crippen LogP contribution in [0.3, 0.4) is 0 Å². The van der Waals surface area contributed by atoms with Crippen molar-refractivity contribution in [3.8, 4) is 0 Å². The first-order chi connectivity index (χ1) is 12.5. The van der Waals surface area contributed by atoms with Crippen LogP contribution >= 0.6 is 11.6 Å². The van der Waals surface area contributed by atoms with Gasteiger partial charge in [0, 0.05) is 53.9 Å². The van der Waals surface area contributed by atoms with Gasteiger partial charge in [0.05, 0.1) is 5.52 Å². The van der Waals surface area contributed by atoms with Crippen LogP contribution in [0.2, 0.25) is 5.02 Å². The molecule has 136 valence electrons. The van der Waals surface area contributed by atoms with E-state index < -0.39 is 0 Å². The smallest absolute Gasteiger partial charge is 0.127 e. The van der Waals surface area contributed by atoms with Gasteiger partial charge < -0.3 is 4.90 Å². The highest BCUT2D eigenvalue weighted by Crippen LogP contribution is 2.26. The lowest BCUT2D eigenvalue weighted by atomic mass is 10.1. The van der Waals surface area contributed by atoms with E-state index in [1.54, 1.807) is 12.3 Å². The molecule has 0 saturated carbocycles. The van der Waals surface area contributed by atoms with Crippen LogP contribution in [0.15, 0.2) is 54.7 Å². The third kappa shape index (κ3) is 4.58. The van der Waals surface area contributed by atoms with Gasteiger partial charge in [-0.15, -0.1) is 0 Å². The Morgan fingerprint density at radius 2 is 1.77 bits per heavy atom. The third-order valence-corrected chi connectivity index (χ3v) is 4.77. The SMILES string of the molecule is CN(C)CCN(Cc1ccccc1F)Cc1c(Cl)ccc2cccnc12. The van der Waals surface area contributed by atoms with Gasteiger partial charge in [-0.25, -0.2) is 4.39 Å². The van der Waals surface area contributed by atoms with Crippen LogP contribution in [0.4, 0.5) is 4.39 Å². The van der Waals surface area contributed by atoms with E-state index >= 15 is 0 Å². The number of nitrogens with zero attached hydrogens (tertiary/aromatic N) is 3. The zero-order valence-electron chi connectivity index (χ0n) is 15.1. The van der Waals surface area contributed by atoms with E-state index in [4.69, 9.17) is 11.6 Å². The number of aromatic nitrogens is 1. The minimum Gasteiger partial charge on any atom is -0.308 e. The molecule has 0 aliphatic rings. The molecule has 0 amide bonds. The summed E-state index contributed by atoms with van der Waals surface area (Å²) in [5, 5.41) is 1.75. The third-order valence-electron chi connectivity index (χ3n) is 4.42. The van der Waals surface area contributed by atoms with Crippen LogP contribution in [0.1, 0.15) is 11.1 Å². The van der Waals surface area contributed by atoms with Crippen LogP contribution in [0.5, 0.6) is 0 Å². The predicted octanol–water partition coefficient (Wildman–Crippen LogP) is 4.59. The van der Waals surface area contributed by atoms with Gasteiger partial charge in [0.2, 0.25) is 0 Å². The van der Waals surface area contributed by atoms with Gasteiger partial charge in [0.1, 0.15) is 5.82 Å². The molecule has 0 aliphatic heterocycles. The van der Waals surface area contributed by atoms with Crippen molar-refractivity contribution in [2.24, 2.45) is 0 Å². The Labute approximate surface area is 159 Å². The predicted molar refractivity (Wildman–Crippen MR) is 106 cm³/mol. The van der Waals surface area contributed by atoms with Gasteiger partial charge in [-0.1, -0.05) is 41.9 Å². The van der Waals surface area contributed by atoms with Gasteiger partial charge >= 0.3 is 0 Å². The first-order valence-corrected chi connectivity index (χ1v) is 9.05. The van der Waals surface area contributed by atoms with Crippen molar-refractivity contribution in [2.45, 2.75) is 13.1 Å². The Balaban J connectivity index is 1.90. The highest BCUT2D eigenvalue weighted by atomic mass is 35.5. The summed E-state index contributed by atoms with van der Waals surface area (Å²) < 4.78 is 14.1. The summed E-state index contributed by atoms with van der Waals surface area (Å²) in [5.74, 6) is -0.176. The van der Waals surface area contributed by atoms with E-state index in [0.29, 0.717) is 23.7 Å². The number of pyridine rings is 1. The second-order valence-corrected chi connectivity index (χ2v) is 7.11. The Kier molecular flexibility index (Phi) is 6.20. The highest BCUT2D eigenvalue weighted by Gasteiger charge is 2.15.